The molecule has 2 aromatic heterocycles. The van der Waals surface area contributed by atoms with E-state index in [2.05, 4.69) is 20.0 Å². The van der Waals surface area contributed by atoms with Crippen molar-refractivity contribution < 1.29 is 8.42 Å². The zero-order valence-corrected chi connectivity index (χ0v) is 11.4. The largest absolute Gasteiger partial charge is 0.372 e. The molecule has 0 aliphatic rings. The van der Waals surface area contributed by atoms with Crippen LogP contribution in [0.3, 0.4) is 0 Å². The smallest absolute Gasteiger partial charge is 0.265 e. The predicted molar refractivity (Wildman–Crippen MR) is 73.6 cm³/mol. The molecule has 0 spiro atoms. The summed E-state index contributed by atoms with van der Waals surface area (Å²) in [5.74, 6) is 0.306. The van der Waals surface area contributed by atoms with E-state index in [1.807, 2.05) is 0 Å². The van der Waals surface area contributed by atoms with E-state index in [1.54, 1.807) is 38.4 Å². The second-order valence-electron chi connectivity index (χ2n) is 3.89. The van der Waals surface area contributed by atoms with Crippen molar-refractivity contribution in [1.82, 2.24) is 9.97 Å². The Morgan fingerprint density at radius 1 is 1.16 bits per heavy atom. The van der Waals surface area contributed by atoms with Crippen LogP contribution in [0.4, 0.5) is 11.5 Å². The maximum absolute atomic E-state index is 12.3. The first-order valence-corrected chi connectivity index (χ1v) is 7.09. The Balaban J connectivity index is 2.38. The number of pyridine rings is 2. The zero-order valence-electron chi connectivity index (χ0n) is 10.6. The molecule has 0 atom stereocenters. The Hall–Kier alpha value is -2.15. The van der Waals surface area contributed by atoms with E-state index in [-0.39, 0.29) is 4.90 Å². The average molecular weight is 278 g/mol. The van der Waals surface area contributed by atoms with Crippen LogP contribution in [0.25, 0.3) is 0 Å². The second kappa shape index (κ2) is 5.23. The zero-order chi connectivity index (χ0) is 13.9. The lowest BCUT2D eigenvalue weighted by Crippen LogP contribution is -2.15. The fourth-order valence-electron chi connectivity index (χ4n) is 1.61. The molecule has 0 fully saturated rings. The maximum Gasteiger partial charge on any atom is 0.265 e. The molecule has 19 heavy (non-hydrogen) atoms. The summed E-state index contributed by atoms with van der Waals surface area (Å²) in [6, 6.07) is 6.33. The van der Waals surface area contributed by atoms with Gasteiger partial charge in [-0.3, -0.25) is 9.71 Å². The minimum Gasteiger partial charge on any atom is -0.372 e. The highest BCUT2D eigenvalue weighted by Crippen LogP contribution is 2.21. The molecule has 0 radical (unpaired) electrons. The standard InChI is InChI=1S/C12H14N4O2S/c1-9-8-10(5-7-14-9)16-19(17,18)11-4-3-6-15-12(11)13-2/h3-8H,1-2H3,(H,13,15)(H,14,16). The first-order chi connectivity index (χ1) is 9.03. The third kappa shape index (κ3) is 3.00. The van der Waals surface area contributed by atoms with Crippen LogP contribution in [0.15, 0.2) is 41.6 Å². The molecule has 0 saturated carbocycles. The van der Waals surface area contributed by atoms with Crippen molar-refractivity contribution in [2.45, 2.75) is 11.8 Å². The molecule has 6 nitrogen and oxygen atoms in total. The number of nitrogens with one attached hydrogen (secondary N) is 2. The Bertz CT molecular complexity index is 686. The molecule has 0 aliphatic heterocycles. The van der Waals surface area contributed by atoms with E-state index in [4.69, 9.17) is 0 Å². The van der Waals surface area contributed by atoms with Gasteiger partial charge in [0.05, 0.1) is 5.69 Å². The van der Waals surface area contributed by atoms with E-state index in [9.17, 15) is 8.42 Å². The van der Waals surface area contributed by atoms with Gasteiger partial charge < -0.3 is 5.32 Å². The van der Waals surface area contributed by atoms with Crippen molar-refractivity contribution in [2.24, 2.45) is 0 Å². The van der Waals surface area contributed by atoms with Gasteiger partial charge in [-0.15, -0.1) is 0 Å². The quantitative estimate of drug-likeness (QED) is 0.888. The van der Waals surface area contributed by atoms with Crippen LogP contribution in [0, 0.1) is 6.92 Å². The molecule has 100 valence electrons. The van der Waals surface area contributed by atoms with Crippen LogP contribution in [-0.4, -0.2) is 25.4 Å². The highest BCUT2D eigenvalue weighted by Gasteiger charge is 2.18. The van der Waals surface area contributed by atoms with Crippen LogP contribution in [0.5, 0.6) is 0 Å². The Morgan fingerprint density at radius 2 is 1.95 bits per heavy atom. The Morgan fingerprint density at radius 3 is 2.63 bits per heavy atom. The third-order valence-electron chi connectivity index (χ3n) is 2.45. The number of hydrogen-bond acceptors (Lipinski definition) is 5. The molecule has 0 aromatic carbocycles. The normalized spacial score (nSPS) is 11.1. The molecular formula is C12H14N4O2S. The topological polar surface area (TPSA) is 84.0 Å². The van der Waals surface area contributed by atoms with E-state index in [1.165, 1.54) is 12.3 Å². The highest BCUT2D eigenvalue weighted by molar-refractivity contribution is 7.92. The van der Waals surface area contributed by atoms with E-state index < -0.39 is 10.0 Å². The molecule has 0 amide bonds. The minimum atomic E-state index is -3.68. The van der Waals surface area contributed by atoms with Gasteiger partial charge in [0.15, 0.2) is 0 Å². The van der Waals surface area contributed by atoms with Gasteiger partial charge in [-0.1, -0.05) is 0 Å². The van der Waals surface area contributed by atoms with Crippen molar-refractivity contribution >= 4 is 21.5 Å². The van der Waals surface area contributed by atoms with Crippen molar-refractivity contribution in [3.8, 4) is 0 Å². The lowest BCUT2D eigenvalue weighted by molar-refractivity contribution is 0.601. The summed E-state index contributed by atoms with van der Waals surface area (Å²) in [6.07, 6.45) is 3.08. The van der Waals surface area contributed by atoms with Gasteiger partial charge in [0.2, 0.25) is 0 Å². The van der Waals surface area contributed by atoms with E-state index >= 15 is 0 Å². The lowest BCUT2D eigenvalue weighted by atomic mass is 10.3. The van der Waals surface area contributed by atoms with Gasteiger partial charge in [-0.25, -0.2) is 13.4 Å². The molecule has 7 heteroatoms. The summed E-state index contributed by atoms with van der Waals surface area (Å²) in [4.78, 5) is 8.10. The number of sulfonamides is 1. The summed E-state index contributed by atoms with van der Waals surface area (Å²) < 4.78 is 27.1. The fraction of sp³-hybridized carbons (Fsp3) is 0.167. The SMILES string of the molecule is CNc1ncccc1S(=O)(=O)Nc1ccnc(C)c1. The molecule has 2 N–H and O–H groups in total. The molecule has 0 unspecified atom stereocenters. The number of aromatic nitrogens is 2. The first-order valence-electron chi connectivity index (χ1n) is 5.61. The number of anilines is 2. The third-order valence-corrected chi connectivity index (χ3v) is 3.86. The summed E-state index contributed by atoms with van der Waals surface area (Å²) in [5, 5.41) is 2.76. The number of nitrogens with zero attached hydrogens (tertiary/aromatic N) is 2. The molecule has 2 aromatic rings. The molecule has 0 aliphatic carbocycles. The first kappa shape index (κ1) is 13.3. The molecule has 2 rings (SSSR count). The predicted octanol–water partition coefficient (Wildman–Crippen LogP) is 1.63. The van der Waals surface area contributed by atoms with Crippen molar-refractivity contribution in [1.29, 1.82) is 0 Å². The van der Waals surface area contributed by atoms with E-state index in [0.29, 0.717) is 11.5 Å². The van der Waals surface area contributed by atoms with Gasteiger partial charge in [0.25, 0.3) is 10.0 Å². The van der Waals surface area contributed by atoms with Crippen molar-refractivity contribution in [2.75, 3.05) is 17.1 Å². The van der Waals surface area contributed by atoms with Crippen LogP contribution in [-0.2, 0) is 10.0 Å². The van der Waals surface area contributed by atoms with Crippen LogP contribution in [0.2, 0.25) is 0 Å². The molecule has 0 bridgehead atoms. The summed E-state index contributed by atoms with van der Waals surface area (Å²) in [6.45, 7) is 1.79. The van der Waals surface area contributed by atoms with Crippen LogP contribution >= 0.6 is 0 Å². The lowest BCUT2D eigenvalue weighted by Gasteiger charge is -2.11. The number of rotatable bonds is 4. The van der Waals surface area contributed by atoms with Crippen molar-refractivity contribution in [3.63, 3.8) is 0 Å². The van der Waals surface area contributed by atoms with Gasteiger partial charge in [-0.2, -0.15) is 0 Å². The minimum absolute atomic E-state index is 0.104. The van der Waals surface area contributed by atoms with Gasteiger partial charge >= 0.3 is 0 Å². The summed E-state index contributed by atoms with van der Waals surface area (Å²) >= 11 is 0. The summed E-state index contributed by atoms with van der Waals surface area (Å²) in [5.41, 5.74) is 1.21. The molecule has 2 heterocycles. The Labute approximate surface area is 112 Å². The monoisotopic (exact) mass is 278 g/mol. The Kier molecular flexibility index (Phi) is 3.66. The van der Waals surface area contributed by atoms with Gasteiger partial charge in [-0.05, 0) is 31.2 Å². The number of hydrogen-bond donors (Lipinski definition) is 2. The highest BCUT2D eigenvalue weighted by atomic mass is 32.2. The molecular weight excluding hydrogens is 264 g/mol. The van der Waals surface area contributed by atoms with Crippen LogP contribution < -0.4 is 10.0 Å². The fourth-order valence-corrected chi connectivity index (χ4v) is 2.83. The number of aryl methyl sites for hydroxylation is 1. The molecule has 0 saturated heterocycles. The van der Waals surface area contributed by atoms with Gasteiger partial charge in [0.1, 0.15) is 10.7 Å². The van der Waals surface area contributed by atoms with E-state index in [0.717, 1.165) is 5.69 Å². The van der Waals surface area contributed by atoms with Gasteiger partial charge in [0, 0.05) is 25.1 Å². The second-order valence-corrected chi connectivity index (χ2v) is 5.54. The maximum atomic E-state index is 12.3. The van der Waals surface area contributed by atoms with Crippen molar-refractivity contribution in [3.05, 3.63) is 42.4 Å². The average Bonchev–Trinajstić information content (AvgIpc) is 2.38. The summed E-state index contributed by atoms with van der Waals surface area (Å²) in [7, 11) is -2.05. The van der Waals surface area contributed by atoms with Crippen LogP contribution in [0.1, 0.15) is 5.69 Å².